The summed E-state index contributed by atoms with van der Waals surface area (Å²) in [5, 5.41) is 0. The van der Waals surface area contributed by atoms with Gasteiger partial charge in [0.05, 0.1) is 12.5 Å². The molecule has 0 spiro atoms. The Balaban J connectivity index is 1.70. The zero-order valence-electron chi connectivity index (χ0n) is 15.3. The van der Waals surface area contributed by atoms with Crippen LogP contribution in [0.15, 0.2) is 24.3 Å². The molecule has 0 N–H and O–H groups in total. The summed E-state index contributed by atoms with van der Waals surface area (Å²) in [4.78, 5) is 40.7. The van der Waals surface area contributed by atoms with E-state index in [1.807, 2.05) is 24.3 Å². The normalized spacial score (nSPS) is 20.3. The molecule has 1 fully saturated rings. The van der Waals surface area contributed by atoms with E-state index in [4.69, 9.17) is 4.74 Å². The number of aryl methyl sites for hydroxylation is 1. The minimum Gasteiger partial charge on any atom is -0.466 e. The number of anilines is 1. The number of para-hydroxylation sites is 1. The van der Waals surface area contributed by atoms with E-state index in [0.717, 1.165) is 36.9 Å². The molecule has 3 rings (SSSR count). The Morgan fingerprint density at radius 3 is 2.81 bits per heavy atom. The van der Waals surface area contributed by atoms with Gasteiger partial charge in [0.2, 0.25) is 11.8 Å². The molecule has 1 atom stereocenters. The Morgan fingerprint density at radius 1 is 1.19 bits per heavy atom. The van der Waals surface area contributed by atoms with Crippen LogP contribution in [0.2, 0.25) is 0 Å². The van der Waals surface area contributed by atoms with E-state index in [2.05, 4.69) is 0 Å². The van der Waals surface area contributed by atoms with Crippen LogP contribution >= 0.6 is 0 Å². The van der Waals surface area contributed by atoms with Crippen molar-refractivity contribution in [3.05, 3.63) is 29.8 Å². The predicted octanol–water partition coefficient (Wildman–Crippen LogP) is 2.16. The van der Waals surface area contributed by atoms with Crippen molar-refractivity contribution in [3.63, 3.8) is 0 Å². The molecule has 0 aliphatic carbocycles. The maximum Gasteiger partial charge on any atom is 0.310 e. The molecule has 0 bridgehead atoms. The quantitative estimate of drug-likeness (QED) is 0.774. The lowest BCUT2D eigenvalue weighted by Crippen LogP contribution is -2.48. The highest BCUT2D eigenvalue weighted by atomic mass is 16.5. The largest absolute Gasteiger partial charge is 0.466 e. The monoisotopic (exact) mass is 358 g/mol. The topological polar surface area (TPSA) is 66.9 Å². The number of amides is 2. The Bertz CT molecular complexity index is 688. The molecule has 6 nitrogen and oxygen atoms in total. The van der Waals surface area contributed by atoms with Crippen LogP contribution in [0.1, 0.15) is 38.2 Å². The van der Waals surface area contributed by atoms with Crippen LogP contribution < -0.4 is 4.90 Å². The van der Waals surface area contributed by atoms with Crippen LogP contribution in [-0.4, -0.2) is 48.9 Å². The summed E-state index contributed by atoms with van der Waals surface area (Å²) in [6.45, 7) is 3.17. The Labute approximate surface area is 154 Å². The smallest absolute Gasteiger partial charge is 0.310 e. The number of carbonyl (C=O) groups is 3. The highest BCUT2D eigenvalue weighted by molar-refractivity contribution is 6.00. The van der Waals surface area contributed by atoms with Gasteiger partial charge in [-0.2, -0.15) is 0 Å². The number of nitrogens with zero attached hydrogens (tertiary/aromatic N) is 2. The fraction of sp³-hybridized carbons (Fsp3) is 0.550. The second-order valence-electron chi connectivity index (χ2n) is 6.89. The molecule has 1 aromatic carbocycles. The van der Waals surface area contributed by atoms with Gasteiger partial charge >= 0.3 is 5.97 Å². The SMILES string of the molecule is CCOC(=O)C1CCCN(C(=O)CN2C(=O)CCCc3ccccc32)C1. The van der Waals surface area contributed by atoms with Crippen LogP contribution in [0, 0.1) is 5.92 Å². The molecular weight excluding hydrogens is 332 g/mol. The van der Waals surface area contributed by atoms with Crippen LogP contribution in [-0.2, 0) is 25.5 Å². The van der Waals surface area contributed by atoms with Crippen molar-refractivity contribution in [2.24, 2.45) is 5.92 Å². The molecule has 1 unspecified atom stereocenters. The van der Waals surface area contributed by atoms with Crippen LogP contribution in [0.3, 0.4) is 0 Å². The van der Waals surface area contributed by atoms with Gasteiger partial charge in [0.1, 0.15) is 6.54 Å². The molecule has 2 aliphatic rings. The van der Waals surface area contributed by atoms with Gasteiger partial charge in [-0.15, -0.1) is 0 Å². The molecule has 2 heterocycles. The van der Waals surface area contributed by atoms with E-state index in [9.17, 15) is 14.4 Å². The summed E-state index contributed by atoms with van der Waals surface area (Å²) in [6, 6.07) is 7.78. The summed E-state index contributed by atoms with van der Waals surface area (Å²) < 4.78 is 5.10. The average molecular weight is 358 g/mol. The maximum absolute atomic E-state index is 12.8. The molecule has 1 aromatic rings. The van der Waals surface area contributed by atoms with Gasteiger partial charge in [-0.1, -0.05) is 18.2 Å². The average Bonchev–Trinajstić information content (AvgIpc) is 2.81. The second-order valence-corrected chi connectivity index (χ2v) is 6.89. The lowest BCUT2D eigenvalue weighted by molar-refractivity contribution is -0.151. The van der Waals surface area contributed by atoms with E-state index in [-0.39, 0.29) is 30.2 Å². The third-order valence-corrected chi connectivity index (χ3v) is 5.11. The molecular formula is C20H26N2O4. The fourth-order valence-corrected chi connectivity index (χ4v) is 3.75. The number of carbonyl (C=O) groups excluding carboxylic acids is 3. The number of hydrogen-bond acceptors (Lipinski definition) is 4. The van der Waals surface area contributed by atoms with E-state index in [0.29, 0.717) is 26.1 Å². The number of likely N-dealkylation sites (tertiary alicyclic amines) is 1. The number of esters is 1. The summed E-state index contributed by atoms with van der Waals surface area (Å²) >= 11 is 0. The molecule has 0 saturated carbocycles. The Morgan fingerprint density at radius 2 is 2.00 bits per heavy atom. The van der Waals surface area contributed by atoms with Crippen molar-refractivity contribution < 1.29 is 19.1 Å². The maximum atomic E-state index is 12.8. The van der Waals surface area contributed by atoms with Crippen LogP contribution in [0.25, 0.3) is 0 Å². The number of hydrogen-bond donors (Lipinski definition) is 0. The first-order valence-electron chi connectivity index (χ1n) is 9.42. The summed E-state index contributed by atoms with van der Waals surface area (Å²) in [7, 11) is 0. The number of fused-ring (bicyclic) bond motifs is 1. The standard InChI is InChI=1S/C20H26N2O4/c1-2-26-20(25)16-9-6-12-21(13-16)19(24)14-22-17-10-4-3-7-15(17)8-5-11-18(22)23/h3-4,7,10,16H,2,5-6,8-9,11-14H2,1H3. The predicted molar refractivity (Wildman–Crippen MR) is 97.7 cm³/mol. The van der Waals surface area contributed by atoms with Gasteiger partial charge in [0.25, 0.3) is 0 Å². The first kappa shape index (κ1) is 18.4. The molecule has 26 heavy (non-hydrogen) atoms. The number of piperidine rings is 1. The second kappa shape index (κ2) is 8.34. The summed E-state index contributed by atoms with van der Waals surface area (Å²) in [5.74, 6) is -0.618. The van der Waals surface area contributed by atoms with Gasteiger partial charge in [-0.05, 0) is 44.2 Å². The Hall–Kier alpha value is -2.37. The van der Waals surface area contributed by atoms with Crippen molar-refractivity contribution in [2.45, 2.75) is 39.0 Å². The molecule has 2 aliphatic heterocycles. The highest BCUT2D eigenvalue weighted by Gasteiger charge is 2.31. The van der Waals surface area contributed by atoms with E-state index >= 15 is 0 Å². The molecule has 0 aromatic heterocycles. The van der Waals surface area contributed by atoms with E-state index in [1.54, 1.807) is 16.7 Å². The third kappa shape index (κ3) is 4.06. The van der Waals surface area contributed by atoms with Crippen molar-refractivity contribution >= 4 is 23.5 Å². The highest BCUT2D eigenvalue weighted by Crippen LogP contribution is 2.27. The molecule has 0 radical (unpaired) electrons. The lowest BCUT2D eigenvalue weighted by Gasteiger charge is -2.33. The number of rotatable bonds is 4. The third-order valence-electron chi connectivity index (χ3n) is 5.11. The minimum atomic E-state index is -0.264. The van der Waals surface area contributed by atoms with Crippen LogP contribution in [0.4, 0.5) is 5.69 Å². The van der Waals surface area contributed by atoms with E-state index in [1.165, 1.54) is 0 Å². The number of benzene rings is 1. The molecule has 1 saturated heterocycles. The van der Waals surface area contributed by atoms with Crippen molar-refractivity contribution in [1.29, 1.82) is 0 Å². The number of ether oxygens (including phenoxy) is 1. The fourth-order valence-electron chi connectivity index (χ4n) is 3.75. The zero-order valence-corrected chi connectivity index (χ0v) is 15.3. The molecule has 2 amide bonds. The lowest BCUT2D eigenvalue weighted by atomic mass is 9.98. The van der Waals surface area contributed by atoms with Gasteiger partial charge in [0, 0.05) is 25.2 Å². The summed E-state index contributed by atoms with van der Waals surface area (Å²) in [6.07, 6.45) is 3.62. The van der Waals surface area contributed by atoms with Gasteiger partial charge in [-0.25, -0.2) is 0 Å². The van der Waals surface area contributed by atoms with Crippen molar-refractivity contribution in [3.8, 4) is 0 Å². The van der Waals surface area contributed by atoms with Crippen LogP contribution in [0.5, 0.6) is 0 Å². The van der Waals surface area contributed by atoms with Gasteiger partial charge in [0.15, 0.2) is 0 Å². The zero-order chi connectivity index (χ0) is 18.5. The van der Waals surface area contributed by atoms with Gasteiger partial charge < -0.3 is 14.5 Å². The van der Waals surface area contributed by atoms with Crippen molar-refractivity contribution in [2.75, 3.05) is 31.1 Å². The van der Waals surface area contributed by atoms with Gasteiger partial charge in [-0.3, -0.25) is 14.4 Å². The first-order valence-corrected chi connectivity index (χ1v) is 9.42. The van der Waals surface area contributed by atoms with Crippen molar-refractivity contribution in [1.82, 2.24) is 4.90 Å². The first-order chi connectivity index (χ1) is 12.6. The summed E-state index contributed by atoms with van der Waals surface area (Å²) in [5.41, 5.74) is 1.94. The van der Waals surface area contributed by atoms with E-state index < -0.39 is 0 Å². The molecule has 6 heteroatoms. The Kier molecular flexibility index (Phi) is 5.91. The molecule has 140 valence electrons. The minimum absolute atomic E-state index is 0.0118.